The fourth-order valence-electron chi connectivity index (χ4n) is 3.10. The lowest BCUT2D eigenvalue weighted by atomic mass is 9.94. The van der Waals surface area contributed by atoms with Crippen molar-refractivity contribution in [1.82, 2.24) is 15.5 Å². The zero-order valence-corrected chi connectivity index (χ0v) is 14.0. The van der Waals surface area contributed by atoms with Crippen LogP contribution < -0.4 is 10.6 Å². The minimum Gasteiger partial charge on any atom is -0.352 e. The van der Waals surface area contributed by atoms with Gasteiger partial charge in [0.15, 0.2) is 0 Å². The summed E-state index contributed by atoms with van der Waals surface area (Å²) in [5, 5.41) is 6.57. The molecule has 2 aliphatic heterocycles. The largest absolute Gasteiger partial charge is 0.352 e. The molecule has 0 spiro atoms. The van der Waals surface area contributed by atoms with Crippen molar-refractivity contribution in [2.24, 2.45) is 5.92 Å². The van der Waals surface area contributed by atoms with E-state index in [1.165, 1.54) is 13.0 Å². The molecule has 0 aliphatic carbocycles. The molecule has 20 heavy (non-hydrogen) atoms. The number of likely N-dealkylation sites (tertiary alicyclic amines) is 1. The predicted octanol–water partition coefficient (Wildman–Crippen LogP) is 1.82. The Kier molecular flexibility index (Phi) is 10.6. The van der Waals surface area contributed by atoms with Gasteiger partial charge < -0.3 is 15.5 Å². The van der Waals surface area contributed by atoms with Crippen LogP contribution in [0.4, 0.5) is 0 Å². The topological polar surface area (TPSA) is 44.4 Å². The second-order valence-electron chi connectivity index (χ2n) is 5.70. The van der Waals surface area contributed by atoms with Crippen LogP contribution in [0.2, 0.25) is 0 Å². The van der Waals surface area contributed by atoms with Crippen molar-refractivity contribution < 1.29 is 4.79 Å². The molecule has 2 rings (SSSR count). The van der Waals surface area contributed by atoms with Crippen LogP contribution in [0.25, 0.3) is 0 Å². The zero-order valence-electron chi connectivity index (χ0n) is 12.4. The summed E-state index contributed by atoms with van der Waals surface area (Å²) in [6, 6.07) is 0.382. The maximum absolute atomic E-state index is 12.0. The number of carbonyl (C=O) groups is 1. The fourth-order valence-corrected chi connectivity index (χ4v) is 3.10. The first kappa shape index (κ1) is 20.0. The number of hydrogen-bond acceptors (Lipinski definition) is 3. The molecule has 2 fully saturated rings. The van der Waals surface area contributed by atoms with Crippen molar-refractivity contribution in [2.45, 2.75) is 45.1 Å². The summed E-state index contributed by atoms with van der Waals surface area (Å²) in [6.45, 7) is 7.67. The molecule has 120 valence electrons. The lowest BCUT2D eigenvalue weighted by molar-refractivity contribution is -0.123. The van der Waals surface area contributed by atoms with Crippen LogP contribution in [0.15, 0.2) is 0 Å². The minimum absolute atomic E-state index is 0. The van der Waals surface area contributed by atoms with Gasteiger partial charge in [0.1, 0.15) is 0 Å². The highest BCUT2D eigenvalue weighted by Gasteiger charge is 2.22. The van der Waals surface area contributed by atoms with Crippen LogP contribution in [0.1, 0.15) is 39.0 Å². The zero-order chi connectivity index (χ0) is 12.8. The average molecular weight is 326 g/mol. The molecule has 1 unspecified atom stereocenters. The molecule has 1 atom stereocenters. The van der Waals surface area contributed by atoms with Crippen LogP contribution >= 0.6 is 24.8 Å². The Balaban J connectivity index is 0.00000180. The Morgan fingerprint density at radius 2 is 1.95 bits per heavy atom. The highest BCUT2D eigenvalue weighted by Crippen LogP contribution is 2.16. The molecule has 0 bridgehead atoms. The van der Waals surface area contributed by atoms with Gasteiger partial charge in [0.05, 0.1) is 0 Å². The van der Waals surface area contributed by atoms with Gasteiger partial charge >= 0.3 is 0 Å². The van der Waals surface area contributed by atoms with Crippen molar-refractivity contribution in [3.8, 4) is 0 Å². The van der Waals surface area contributed by atoms with Crippen molar-refractivity contribution in [2.75, 3.05) is 32.7 Å². The van der Waals surface area contributed by atoms with Gasteiger partial charge in [-0.1, -0.05) is 6.92 Å². The van der Waals surface area contributed by atoms with Gasteiger partial charge in [0.25, 0.3) is 0 Å². The van der Waals surface area contributed by atoms with E-state index in [0.29, 0.717) is 12.0 Å². The average Bonchev–Trinajstić information content (AvgIpc) is 2.40. The molecule has 2 aliphatic rings. The molecule has 0 aromatic heterocycles. The molecule has 0 aromatic carbocycles. The SMILES string of the molecule is CCN1CCCC(NC(=O)CC2CCNCC2)C1.Cl.Cl. The van der Waals surface area contributed by atoms with E-state index in [1.807, 2.05) is 0 Å². The number of likely N-dealkylation sites (N-methyl/N-ethyl adjacent to an activating group) is 1. The first-order valence-corrected chi connectivity index (χ1v) is 7.50. The molecular formula is C14H29Cl2N3O. The summed E-state index contributed by atoms with van der Waals surface area (Å²) in [6.07, 6.45) is 5.39. The Morgan fingerprint density at radius 1 is 1.25 bits per heavy atom. The van der Waals surface area contributed by atoms with E-state index in [2.05, 4.69) is 22.5 Å². The van der Waals surface area contributed by atoms with E-state index in [9.17, 15) is 4.79 Å². The van der Waals surface area contributed by atoms with Crippen LogP contribution in [0.3, 0.4) is 0 Å². The fraction of sp³-hybridized carbons (Fsp3) is 0.929. The van der Waals surface area contributed by atoms with Gasteiger partial charge in [-0.3, -0.25) is 4.79 Å². The molecule has 0 radical (unpaired) electrons. The Labute approximate surface area is 135 Å². The van der Waals surface area contributed by atoms with Gasteiger partial charge in [-0.05, 0) is 57.8 Å². The number of halogens is 2. The second-order valence-corrected chi connectivity index (χ2v) is 5.70. The quantitative estimate of drug-likeness (QED) is 0.828. The molecule has 2 N–H and O–H groups in total. The Bertz CT molecular complexity index is 273. The Morgan fingerprint density at radius 3 is 2.60 bits per heavy atom. The molecular weight excluding hydrogens is 297 g/mol. The molecule has 0 saturated carbocycles. The number of rotatable bonds is 4. The molecule has 6 heteroatoms. The van der Waals surface area contributed by atoms with Crippen molar-refractivity contribution in [3.05, 3.63) is 0 Å². The van der Waals surface area contributed by atoms with Crippen molar-refractivity contribution in [1.29, 1.82) is 0 Å². The Hall–Kier alpha value is -0.0300. The van der Waals surface area contributed by atoms with Crippen LogP contribution in [0, 0.1) is 5.92 Å². The summed E-state index contributed by atoms with van der Waals surface area (Å²) >= 11 is 0. The van der Waals surface area contributed by atoms with E-state index < -0.39 is 0 Å². The lowest BCUT2D eigenvalue weighted by Crippen LogP contribution is -2.48. The summed E-state index contributed by atoms with van der Waals surface area (Å²) in [7, 11) is 0. The van der Waals surface area contributed by atoms with E-state index in [1.54, 1.807) is 0 Å². The van der Waals surface area contributed by atoms with E-state index in [4.69, 9.17) is 0 Å². The monoisotopic (exact) mass is 325 g/mol. The molecule has 2 saturated heterocycles. The van der Waals surface area contributed by atoms with Crippen LogP contribution in [0.5, 0.6) is 0 Å². The van der Waals surface area contributed by atoms with Gasteiger partial charge in [-0.15, -0.1) is 24.8 Å². The van der Waals surface area contributed by atoms with Gasteiger partial charge in [-0.2, -0.15) is 0 Å². The maximum Gasteiger partial charge on any atom is 0.220 e. The first-order valence-electron chi connectivity index (χ1n) is 7.50. The number of nitrogens with one attached hydrogen (secondary N) is 2. The normalized spacial score (nSPS) is 24.4. The second kappa shape index (κ2) is 10.7. The number of piperidine rings is 2. The van der Waals surface area contributed by atoms with Gasteiger partial charge in [-0.25, -0.2) is 0 Å². The van der Waals surface area contributed by atoms with Gasteiger partial charge in [0.2, 0.25) is 5.91 Å². The van der Waals surface area contributed by atoms with Gasteiger partial charge in [0, 0.05) is 19.0 Å². The van der Waals surface area contributed by atoms with Crippen LogP contribution in [-0.4, -0.2) is 49.6 Å². The van der Waals surface area contributed by atoms with E-state index in [-0.39, 0.29) is 30.7 Å². The minimum atomic E-state index is 0. The van der Waals surface area contributed by atoms with E-state index >= 15 is 0 Å². The molecule has 0 aromatic rings. The van der Waals surface area contributed by atoms with Crippen molar-refractivity contribution in [3.63, 3.8) is 0 Å². The number of carbonyl (C=O) groups excluding carboxylic acids is 1. The number of nitrogens with zero attached hydrogens (tertiary/aromatic N) is 1. The molecule has 2 heterocycles. The number of hydrogen-bond donors (Lipinski definition) is 2. The molecule has 1 amide bonds. The lowest BCUT2D eigenvalue weighted by Gasteiger charge is -2.32. The van der Waals surface area contributed by atoms with E-state index in [0.717, 1.165) is 51.9 Å². The highest BCUT2D eigenvalue weighted by atomic mass is 35.5. The third-order valence-corrected chi connectivity index (χ3v) is 4.25. The third kappa shape index (κ3) is 6.61. The standard InChI is InChI=1S/C14H27N3O.2ClH/c1-2-17-9-3-4-13(11-17)16-14(18)10-12-5-7-15-8-6-12;;/h12-13,15H,2-11H2,1H3,(H,16,18);2*1H. The summed E-state index contributed by atoms with van der Waals surface area (Å²) in [5.74, 6) is 0.863. The first-order chi connectivity index (χ1) is 8.78. The third-order valence-electron chi connectivity index (χ3n) is 4.25. The number of amides is 1. The van der Waals surface area contributed by atoms with Crippen LogP contribution in [-0.2, 0) is 4.79 Å². The summed E-state index contributed by atoms with van der Waals surface area (Å²) in [4.78, 5) is 14.5. The summed E-state index contributed by atoms with van der Waals surface area (Å²) in [5.41, 5.74) is 0. The van der Waals surface area contributed by atoms with Crippen molar-refractivity contribution >= 4 is 30.7 Å². The molecule has 4 nitrogen and oxygen atoms in total. The summed E-state index contributed by atoms with van der Waals surface area (Å²) < 4.78 is 0. The smallest absolute Gasteiger partial charge is 0.220 e. The predicted molar refractivity (Wildman–Crippen MR) is 88.0 cm³/mol. The maximum atomic E-state index is 12.0. The highest BCUT2D eigenvalue weighted by molar-refractivity contribution is 5.85.